The van der Waals surface area contributed by atoms with Crippen molar-refractivity contribution in [3.05, 3.63) is 106 Å². The molecule has 0 saturated carbocycles. The summed E-state index contributed by atoms with van der Waals surface area (Å²) in [4.78, 5) is 13.3. The summed E-state index contributed by atoms with van der Waals surface area (Å²) >= 11 is 0. The van der Waals surface area contributed by atoms with Crippen LogP contribution in [0.5, 0.6) is 0 Å². The smallest absolute Gasteiger partial charge is 0.267 e. The molecule has 0 aliphatic carbocycles. The zero-order valence-corrected chi connectivity index (χ0v) is 19.0. The molecule has 5 nitrogen and oxygen atoms in total. The van der Waals surface area contributed by atoms with Gasteiger partial charge in [-0.15, -0.1) is 0 Å². The number of hydrogen-bond acceptors (Lipinski definition) is 4. The largest absolute Gasteiger partial charge is 0.275 e. The average molecular weight is 524 g/mol. The lowest BCUT2D eigenvalue weighted by Crippen LogP contribution is -2.27. The molecule has 0 unspecified atom stereocenters. The number of sulfone groups is 1. The summed E-state index contributed by atoms with van der Waals surface area (Å²) in [6, 6.07) is 9.99. The molecule has 0 amide bonds. The molecule has 0 spiro atoms. The number of nitrogens with zero attached hydrogens (tertiary/aromatic N) is 2. The molecule has 36 heavy (non-hydrogen) atoms. The Morgan fingerprint density at radius 1 is 0.750 bits per heavy atom. The second kappa shape index (κ2) is 9.26. The van der Waals surface area contributed by atoms with Crippen molar-refractivity contribution in [2.75, 3.05) is 6.26 Å². The predicted molar refractivity (Wildman–Crippen MR) is 118 cm³/mol. The van der Waals surface area contributed by atoms with Gasteiger partial charge in [0, 0.05) is 11.8 Å². The highest BCUT2D eigenvalue weighted by Gasteiger charge is 2.27. The highest BCUT2D eigenvalue weighted by molar-refractivity contribution is 7.90. The van der Waals surface area contributed by atoms with Crippen LogP contribution in [0, 0.1) is 34.9 Å². The molecule has 0 bridgehead atoms. The van der Waals surface area contributed by atoms with Crippen LogP contribution in [0.2, 0.25) is 0 Å². The molecular weight excluding hydrogens is 510 g/mol. The molecule has 0 atom stereocenters. The van der Waals surface area contributed by atoms with E-state index in [4.69, 9.17) is 0 Å². The Hall–Kier alpha value is -3.93. The molecule has 1 aromatic heterocycles. The van der Waals surface area contributed by atoms with Crippen molar-refractivity contribution in [3.63, 3.8) is 0 Å². The molecule has 0 saturated heterocycles. The lowest BCUT2D eigenvalue weighted by Gasteiger charge is -2.14. The fourth-order valence-electron chi connectivity index (χ4n) is 3.54. The fraction of sp³-hybridized carbons (Fsp3) is 0.0833. The van der Waals surface area contributed by atoms with Crippen molar-refractivity contribution in [2.45, 2.75) is 11.4 Å². The monoisotopic (exact) mass is 524 g/mol. The molecule has 0 radical (unpaired) electrons. The molecule has 0 N–H and O–H groups in total. The van der Waals surface area contributed by atoms with Gasteiger partial charge < -0.3 is 0 Å². The summed E-state index contributed by atoms with van der Waals surface area (Å²) in [5.41, 5.74) is -1.72. The summed E-state index contributed by atoms with van der Waals surface area (Å²) in [6.45, 7) is -1.09. The lowest BCUT2D eigenvalue weighted by molar-refractivity contribution is 0.366. The van der Waals surface area contributed by atoms with Crippen molar-refractivity contribution >= 4 is 9.84 Å². The first-order valence-corrected chi connectivity index (χ1v) is 12.0. The topological polar surface area (TPSA) is 69.0 Å². The molecule has 0 aliphatic rings. The summed E-state index contributed by atoms with van der Waals surface area (Å²) in [5.74, 6) is -11.5. The van der Waals surface area contributed by atoms with Crippen molar-refractivity contribution in [2.24, 2.45) is 0 Å². The van der Waals surface area contributed by atoms with Crippen LogP contribution < -0.4 is 5.56 Å². The SMILES string of the molecule is CS(=O)(=O)c1ccc(-c2cnn(Cc3c(F)c(F)c(F)c(F)c3F)c(=O)c2-c2ccc(F)cc2)cc1. The molecule has 4 rings (SSSR count). The molecular formula is C24H14F6N2O3S. The third kappa shape index (κ3) is 4.51. The Morgan fingerprint density at radius 2 is 1.25 bits per heavy atom. The van der Waals surface area contributed by atoms with Crippen molar-refractivity contribution in [1.29, 1.82) is 0 Å². The van der Waals surface area contributed by atoms with Crippen LogP contribution in [0.15, 0.2) is 64.4 Å². The third-order valence-electron chi connectivity index (χ3n) is 5.38. The van der Waals surface area contributed by atoms with E-state index in [-0.39, 0.29) is 21.6 Å². The number of rotatable bonds is 5. The zero-order valence-electron chi connectivity index (χ0n) is 18.2. The standard InChI is InChI=1S/C24H14F6N2O3S/c1-36(34,35)15-8-4-12(5-9-15)16-10-31-32(24(33)18(16)13-2-6-14(25)7-3-13)11-17-19(26)21(28)23(30)22(29)20(17)27/h2-10H,11H2,1H3. The number of benzene rings is 3. The first-order chi connectivity index (χ1) is 16.9. The van der Waals surface area contributed by atoms with Crippen LogP contribution in [-0.2, 0) is 16.4 Å². The molecule has 4 aromatic rings. The van der Waals surface area contributed by atoms with E-state index >= 15 is 0 Å². The van der Waals surface area contributed by atoms with E-state index in [2.05, 4.69) is 5.10 Å². The summed E-state index contributed by atoms with van der Waals surface area (Å²) < 4.78 is 107. The van der Waals surface area contributed by atoms with Crippen molar-refractivity contribution in [3.8, 4) is 22.3 Å². The maximum absolute atomic E-state index is 14.2. The van der Waals surface area contributed by atoms with Gasteiger partial charge in [0.2, 0.25) is 5.82 Å². The average Bonchev–Trinajstić information content (AvgIpc) is 2.85. The summed E-state index contributed by atoms with van der Waals surface area (Å²) in [5, 5.41) is 3.83. The van der Waals surface area contributed by atoms with Crippen molar-refractivity contribution < 1.29 is 34.8 Å². The van der Waals surface area contributed by atoms with Crippen LogP contribution in [0.3, 0.4) is 0 Å². The molecule has 0 fully saturated rings. The minimum absolute atomic E-state index is 0.00203. The van der Waals surface area contributed by atoms with Gasteiger partial charge in [-0.25, -0.2) is 39.4 Å². The number of halogens is 6. The molecule has 1 heterocycles. The number of aromatic nitrogens is 2. The fourth-order valence-corrected chi connectivity index (χ4v) is 4.17. The normalized spacial score (nSPS) is 11.6. The maximum Gasteiger partial charge on any atom is 0.275 e. The van der Waals surface area contributed by atoms with E-state index in [1.807, 2.05) is 0 Å². The van der Waals surface area contributed by atoms with Gasteiger partial charge in [-0.05, 0) is 35.4 Å². The van der Waals surface area contributed by atoms with E-state index in [9.17, 15) is 39.6 Å². The molecule has 3 aromatic carbocycles. The quantitative estimate of drug-likeness (QED) is 0.212. The van der Waals surface area contributed by atoms with Crippen LogP contribution >= 0.6 is 0 Å². The lowest BCUT2D eigenvalue weighted by atomic mass is 9.97. The Morgan fingerprint density at radius 3 is 1.78 bits per heavy atom. The van der Waals surface area contributed by atoms with Gasteiger partial charge in [0.15, 0.2) is 33.1 Å². The zero-order chi connectivity index (χ0) is 26.4. The Bertz CT molecular complexity index is 1620. The first kappa shape index (κ1) is 25.2. The van der Waals surface area contributed by atoms with E-state index in [0.717, 1.165) is 24.6 Å². The maximum atomic E-state index is 14.2. The third-order valence-corrected chi connectivity index (χ3v) is 6.51. The molecule has 186 valence electrons. The highest BCUT2D eigenvalue weighted by atomic mass is 32.2. The van der Waals surface area contributed by atoms with Gasteiger partial charge in [0.05, 0.1) is 28.8 Å². The van der Waals surface area contributed by atoms with E-state index in [1.54, 1.807) is 0 Å². The van der Waals surface area contributed by atoms with Gasteiger partial charge >= 0.3 is 0 Å². The van der Waals surface area contributed by atoms with Crippen molar-refractivity contribution in [1.82, 2.24) is 9.78 Å². The van der Waals surface area contributed by atoms with Gasteiger partial charge in [-0.2, -0.15) is 5.10 Å². The number of hydrogen-bond donors (Lipinski definition) is 0. The minimum Gasteiger partial charge on any atom is -0.267 e. The van der Waals surface area contributed by atoms with Crippen LogP contribution in [-0.4, -0.2) is 24.5 Å². The highest BCUT2D eigenvalue weighted by Crippen LogP contribution is 2.30. The predicted octanol–water partition coefficient (Wildman–Crippen LogP) is 4.86. The first-order valence-electron chi connectivity index (χ1n) is 10.1. The summed E-state index contributed by atoms with van der Waals surface area (Å²) in [7, 11) is -3.52. The molecule has 12 heteroatoms. The van der Waals surface area contributed by atoms with E-state index in [1.165, 1.54) is 36.4 Å². The minimum atomic E-state index is -3.52. The van der Waals surface area contributed by atoms with Crippen LogP contribution in [0.4, 0.5) is 26.3 Å². The Kier molecular flexibility index (Phi) is 6.48. The second-order valence-corrected chi connectivity index (χ2v) is 9.76. The van der Waals surface area contributed by atoms with Crippen LogP contribution in [0.1, 0.15) is 5.56 Å². The van der Waals surface area contributed by atoms with Gasteiger partial charge in [-0.1, -0.05) is 24.3 Å². The van der Waals surface area contributed by atoms with E-state index in [0.29, 0.717) is 10.2 Å². The van der Waals surface area contributed by atoms with E-state index < -0.39 is 62.4 Å². The van der Waals surface area contributed by atoms with Gasteiger partial charge in [0.1, 0.15) is 5.82 Å². The molecule has 0 aliphatic heterocycles. The van der Waals surface area contributed by atoms with Gasteiger partial charge in [-0.3, -0.25) is 4.79 Å². The summed E-state index contributed by atoms with van der Waals surface area (Å²) in [6.07, 6.45) is 2.12. The Labute approximate surface area is 200 Å². The second-order valence-electron chi connectivity index (χ2n) is 7.75. The van der Waals surface area contributed by atoms with Crippen LogP contribution in [0.25, 0.3) is 22.3 Å². The Balaban J connectivity index is 1.92. The van der Waals surface area contributed by atoms with Gasteiger partial charge in [0.25, 0.3) is 5.56 Å².